The monoisotopic (exact) mass is 1230 g/mol. The number of aliphatic hydroxyl groups is 8. The fourth-order valence-electron chi connectivity index (χ4n) is 9.25. The topological polar surface area (TPSA) is 523 Å². The highest BCUT2D eigenvalue weighted by molar-refractivity contribution is 5.99. The molecule has 0 aromatic heterocycles. The van der Waals surface area contributed by atoms with E-state index >= 15 is 0 Å². The maximum atomic E-state index is 14.3. The predicted octanol–water partition coefficient (Wildman–Crippen LogP) is -7.12. The van der Waals surface area contributed by atoms with E-state index in [1.54, 1.807) is 0 Å². The molecule has 10 amide bonds. The summed E-state index contributed by atoms with van der Waals surface area (Å²) in [5, 5.41) is 115. The Balaban J connectivity index is 2.15. The maximum absolute atomic E-state index is 14.3. The summed E-state index contributed by atoms with van der Waals surface area (Å²) < 4.78 is 11.4. The van der Waals surface area contributed by atoms with Crippen molar-refractivity contribution in [2.24, 2.45) is 11.5 Å². The number of aliphatic hydroxyl groups excluding tert-OH is 8. The number of unbranched alkanes of at least 4 members (excludes halogenated alkanes) is 8. The highest BCUT2D eigenvalue weighted by Gasteiger charge is 2.42. The molecule has 1 aromatic rings. The van der Waals surface area contributed by atoms with Gasteiger partial charge in [-0.3, -0.25) is 47.9 Å². The van der Waals surface area contributed by atoms with Gasteiger partial charge in [-0.2, -0.15) is 0 Å². The predicted molar refractivity (Wildman–Crippen MR) is 300 cm³/mol. The van der Waals surface area contributed by atoms with E-state index < -0.39 is 202 Å². The first-order valence-corrected chi connectivity index (χ1v) is 28.7. The Morgan fingerprint density at radius 2 is 1.21 bits per heavy atom. The van der Waals surface area contributed by atoms with E-state index in [-0.39, 0.29) is 30.7 Å². The molecule has 0 unspecified atom stereocenters. The van der Waals surface area contributed by atoms with Gasteiger partial charge in [0.05, 0.1) is 51.4 Å². The molecular formula is C54H89N11O21. The van der Waals surface area contributed by atoms with Crippen LogP contribution in [0.15, 0.2) is 24.3 Å². The summed E-state index contributed by atoms with van der Waals surface area (Å²) in [6.45, 7) is -2.02. The number of primary amides is 1. The molecule has 15 atom stereocenters. The number of rotatable bonds is 26. The van der Waals surface area contributed by atoms with Crippen LogP contribution in [0.5, 0.6) is 5.75 Å². The summed E-state index contributed by atoms with van der Waals surface area (Å²) in [4.78, 5) is 137. The second-order valence-electron chi connectivity index (χ2n) is 21.5. The van der Waals surface area contributed by atoms with Crippen molar-refractivity contribution in [2.75, 3.05) is 47.0 Å². The zero-order chi connectivity index (χ0) is 64.2. The van der Waals surface area contributed by atoms with Crippen molar-refractivity contribution in [3.05, 3.63) is 29.8 Å². The Labute approximate surface area is 497 Å². The second-order valence-corrected chi connectivity index (χ2v) is 21.5. The lowest BCUT2D eigenvalue weighted by molar-refractivity contribution is -0.293. The summed E-state index contributed by atoms with van der Waals surface area (Å²) in [6, 6.07) is -8.61. The number of phenolic OH excluding ortho intramolecular Hbond substituents is 1. The van der Waals surface area contributed by atoms with Crippen LogP contribution >= 0.6 is 0 Å². The van der Waals surface area contributed by atoms with Gasteiger partial charge >= 0.3 is 0 Å². The lowest BCUT2D eigenvalue weighted by atomic mass is 9.94. The Bertz CT molecular complexity index is 2370. The van der Waals surface area contributed by atoms with Gasteiger partial charge in [0, 0.05) is 26.6 Å². The van der Waals surface area contributed by atoms with Crippen molar-refractivity contribution in [1.29, 1.82) is 0 Å². The highest BCUT2D eigenvalue weighted by Crippen LogP contribution is 2.25. The van der Waals surface area contributed by atoms with E-state index in [9.17, 15) is 93.9 Å². The first-order valence-electron chi connectivity index (χ1n) is 28.7. The van der Waals surface area contributed by atoms with Crippen LogP contribution in [0.2, 0.25) is 0 Å². The summed E-state index contributed by atoms with van der Waals surface area (Å²) >= 11 is 0. The Morgan fingerprint density at radius 1 is 0.674 bits per heavy atom. The number of carbonyl (C=O) groups excluding carboxylic acids is 10. The molecule has 0 aliphatic carbocycles. The van der Waals surface area contributed by atoms with Gasteiger partial charge in [0.15, 0.2) is 6.29 Å². The Morgan fingerprint density at radius 3 is 1.80 bits per heavy atom. The van der Waals surface area contributed by atoms with Gasteiger partial charge in [0.1, 0.15) is 72.5 Å². The Hall–Kier alpha value is -6.72. The van der Waals surface area contributed by atoms with E-state index in [1.807, 2.05) is 0 Å². The molecule has 0 radical (unpaired) electrons. The molecular weight excluding hydrogens is 1140 g/mol. The van der Waals surface area contributed by atoms with Crippen LogP contribution in [0.4, 0.5) is 0 Å². The third-order valence-electron chi connectivity index (χ3n) is 14.3. The summed E-state index contributed by atoms with van der Waals surface area (Å²) in [5.41, 5.74) is 11.1. The molecule has 0 saturated carbocycles. The number of nitrogens with two attached hydrogens (primary N) is 2. The molecule has 2 aliphatic heterocycles. The summed E-state index contributed by atoms with van der Waals surface area (Å²) in [6.07, 6.45) is -9.98. The quantitative estimate of drug-likeness (QED) is 0.0383. The zero-order valence-corrected chi connectivity index (χ0v) is 48.6. The van der Waals surface area contributed by atoms with Crippen molar-refractivity contribution in [2.45, 2.75) is 195 Å². The van der Waals surface area contributed by atoms with Crippen molar-refractivity contribution >= 4 is 59.1 Å². The molecule has 486 valence electrons. The van der Waals surface area contributed by atoms with E-state index in [4.69, 9.17) is 20.9 Å². The number of benzene rings is 1. The molecule has 2 fully saturated rings. The average molecular weight is 1230 g/mol. The number of aromatic hydroxyl groups is 1. The third-order valence-corrected chi connectivity index (χ3v) is 14.3. The number of ether oxygens (including phenoxy) is 2. The minimum Gasteiger partial charge on any atom is -0.508 e. The number of nitrogens with zero attached hydrogens (tertiary/aromatic N) is 1. The van der Waals surface area contributed by atoms with Crippen molar-refractivity contribution in [3.63, 3.8) is 0 Å². The molecule has 0 spiro atoms. The molecule has 1 aromatic carbocycles. The smallest absolute Gasteiger partial charge is 0.246 e. The first kappa shape index (κ1) is 73.5. The minimum absolute atomic E-state index is 0.000218. The van der Waals surface area contributed by atoms with Gasteiger partial charge in [0.2, 0.25) is 59.1 Å². The number of amides is 10. The van der Waals surface area contributed by atoms with E-state index in [0.717, 1.165) is 62.0 Å². The van der Waals surface area contributed by atoms with Crippen LogP contribution in [0.3, 0.4) is 0 Å². The number of carbonyl (C=O) groups is 10. The lowest BCUT2D eigenvalue weighted by Crippen LogP contribution is -2.60. The van der Waals surface area contributed by atoms with Gasteiger partial charge in [-0.1, -0.05) is 76.8 Å². The van der Waals surface area contributed by atoms with E-state index in [0.29, 0.717) is 12.8 Å². The second kappa shape index (κ2) is 37.8. The standard InChI is InChI=1S/C54H89N11O21/c1-4-5-6-7-8-9-10-11-12-13-38(86-54-47(78)46(77)37(70)27-85-54)45(76)36(69)20-29-21-40(72)60-34(25-66)52(83)64-43(44(75)28-14-16-30(68)17-15-28)53(84)61-31(18-19-55)48(79)57-24-41(73)59-33(23-42(74)65(2)3)50(81)63-35(26-67)51(82)62-32(22-39(56)71)49(80)58-29/h14-17,29,31-38,43-47,54,66-70,75-78H,4-13,18-27,55H2,1-3H3,(H2,56,71)(H,57,79)(H,58,80)(H,59,73)(H,60,72)(H,61,84)(H,62,82)(H,63,81)(H,64,83)/t29-,31-,32+,33+,34+,35-,36-,37-,38-,43-,44-,45-,46+,47-,54-/m1/s1. The summed E-state index contributed by atoms with van der Waals surface area (Å²) in [5.74, 6) is -12.2. The van der Waals surface area contributed by atoms with Gasteiger partial charge in [-0.25, -0.2) is 0 Å². The van der Waals surface area contributed by atoms with Crippen LogP contribution in [-0.4, -0.2) is 242 Å². The van der Waals surface area contributed by atoms with Crippen LogP contribution in [0.1, 0.15) is 115 Å². The zero-order valence-electron chi connectivity index (χ0n) is 48.6. The van der Waals surface area contributed by atoms with Gasteiger partial charge in [0.25, 0.3) is 0 Å². The number of hydrogen-bond donors (Lipinski definition) is 19. The van der Waals surface area contributed by atoms with Crippen LogP contribution in [0.25, 0.3) is 0 Å². The summed E-state index contributed by atoms with van der Waals surface area (Å²) in [7, 11) is 2.64. The van der Waals surface area contributed by atoms with Crippen LogP contribution in [0, 0.1) is 0 Å². The largest absolute Gasteiger partial charge is 0.508 e. The minimum atomic E-state index is -2.08. The van der Waals surface area contributed by atoms with Crippen LogP contribution < -0.4 is 54.0 Å². The van der Waals surface area contributed by atoms with Crippen LogP contribution in [-0.2, 0) is 57.4 Å². The molecule has 2 aliphatic rings. The normalized spacial score (nSPS) is 26.9. The van der Waals surface area contributed by atoms with Gasteiger partial charge < -0.3 is 114 Å². The first-order chi connectivity index (χ1) is 40.7. The lowest BCUT2D eigenvalue weighted by Gasteiger charge is -2.38. The SMILES string of the molecule is CCCCCCCCCCC[C@@H](O[C@H]1OC[C@@H](O)[C@H](O)[C@H]1O)[C@H](O)[C@H](O)C[C@@H]1CC(=O)N[C@@H](CO)C(=O)N[C@H]([C@H](O)c2ccc(O)cc2)C(=O)N[C@H](CCN)C(=O)NCC(=O)N[C@@H](CC(=O)N(C)C)C(=O)N[C@H](CO)C(=O)N[C@@H](CC(N)=O)C(=O)N1. The highest BCUT2D eigenvalue weighted by atomic mass is 16.7. The third kappa shape index (κ3) is 24.6. The number of phenols is 1. The fourth-order valence-corrected chi connectivity index (χ4v) is 9.25. The molecule has 86 heavy (non-hydrogen) atoms. The van der Waals surface area contributed by atoms with Crippen molar-refractivity contribution in [1.82, 2.24) is 47.4 Å². The van der Waals surface area contributed by atoms with E-state index in [1.165, 1.54) is 26.2 Å². The molecule has 32 heteroatoms. The molecule has 32 nitrogen and oxygen atoms in total. The van der Waals surface area contributed by atoms with Crippen molar-refractivity contribution in [3.8, 4) is 5.75 Å². The average Bonchev–Trinajstić information content (AvgIpc) is 2.51. The van der Waals surface area contributed by atoms with Gasteiger partial charge in [-0.15, -0.1) is 0 Å². The molecule has 2 saturated heterocycles. The molecule has 21 N–H and O–H groups in total. The Kier molecular flexibility index (Phi) is 32.3. The van der Waals surface area contributed by atoms with Gasteiger partial charge in [-0.05, 0) is 43.5 Å². The maximum Gasteiger partial charge on any atom is 0.246 e. The van der Waals surface area contributed by atoms with Crippen molar-refractivity contribution < 1.29 is 103 Å². The van der Waals surface area contributed by atoms with E-state index in [2.05, 4.69) is 49.5 Å². The fraction of sp³-hybridized carbons (Fsp3) is 0.704. The molecule has 3 rings (SSSR count). The number of nitrogens with one attached hydrogen (secondary N) is 8. The molecule has 2 heterocycles. The number of hydrogen-bond acceptors (Lipinski definition) is 22. The molecule has 0 bridgehead atoms.